The van der Waals surface area contributed by atoms with Crippen LogP contribution in [0.5, 0.6) is 0 Å². The summed E-state index contributed by atoms with van der Waals surface area (Å²) in [7, 11) is 0. The number of amides is 1. The Labute approximate surface area is 182 Å². The molecule has 2 N–H and O–H groups in total. The van der Waals surface area contributed by atoms with Gasteiger partial charge in [0.25, 0.3) is 5.56 Å². The molecule has 2 bridgehead atoms. The van der Waals surface area contributed by atoms with E-state index in [4.69, 9.17) is 16.3 Å². The SMILES string of the molecule is C[C@H]1[C@H](Nc2cnn(CC(=O)NCC3CCOCC3)c(=O)c2Cl)C[C@H]2C[C@@H]1C2(C)C. The highest BCUT2D eigenvalue weighted by molar-refractivity contribution is 6.32. The highest BCUT2D eigenvalue weighted by atomic mass is 35.5. The number of anilines is 1. The summed E-state index contributed by atoms with van der Waals surface area (Å²) in [5.74, 6) is 2.12. The molecule has 0 radical (unpaired) electrons. The fourth-order valence-corrected chi connectivity index (χ4v) is 5.82. The molecule has 0 unspecified atom stereocenters. The van der Waals surface area contributed by atoms with Gasteiger partial charge in [-0.2, -0.15) is 5.10 Å². The Morgan fingerprint density at radius 3 is 2.73 bits per heavy atom. The topological polar surface area (TPSA) is 85.2 Å². The molecular weight excluding hydrogens is 404 g/mol. The molecule has 0 aromatic carbocycles. The van der Waals surface area contributed by atoms with E-state index in [0.29, 0.717) is 47.4 Å². The fourth-order valence-electron chi connectivity index (χ4n) is 5.62. The van der Waals surface area contributed by atoms with Crippen LogP contribution in [-0.2, 0) is 16.1 Å². The molecule has 4 atom stereocenters. The van der Waals surface area contributed by atoms with Crippen LogP contribution >= 0.6 is 11.6 Å². The average Bonchev–Trinajstić information content (AvgIpc) is 2.73. The maximum atomic E-state index is 12.7. The van der Waals surface area contributed by atoms with Crippen molar-refractivity contribution in [3.8, 4) is 0 Å². The van der Waals surface area contributed by atoms with Crippen LogP contribution in [0.3, 0.4) is 0 Å². The van der Waals surface area contributed by atoms with Gasteiger partial charge in [0.2, 0.25) is 5.91 Å². The van der Waals surface area contributed by atoms with Gasteiger partial charge in [-0.15, -0.1) is 0 Å². The van der Waals surface area contributed by atoms with Crippen molar-refractivity contribution in [2.75, 3.05) is 25.1 Å². The minimum absolute atomic E-state index is 0.105. The van der Waals surface area contributed by atoms with Gasteiger partial charge in [-0.1, -0.05) is 32.4 Å². The lowest BCUT2D eigenvalue weighted by atomic mass is 9.45. The standard InChI is InChI=1S/C22H33ClN4O3/c1-13-16-8-15(22(16,2)3)9-17(13)26-18-11-25-27(21(29)20(18)23)12-19(28)24-10-14-4-6-30-7-5-14/h11,13-17,26H,4-10,12H2,1-3H3,(H,24,28)/t13-,15-,16+,17-/m1/s1. The van der Waals surface area contributed by atoms with E-state index in [-0.39, 0.29) is 17.5 Å². The molecule has 2 heterocycles. The normalized spacial score (nSPS) is 30.4. The number of hydrogen-bond donors (Lipinski definition) is 2. The lowest BCUT2D eigenvalue weighted by molar-refractivity contribution is -0.122. The highest BCUT2D eigenvalue weighted by Gasteiger charge is 2.56. The summed E-state index contributed by atoms with van der Waals surface area (Å²) in [6, 6.07) is 0.291. The minimum atomic E-state index is -0.433. The number of rotatable bonds is 6. The number of carbonyl (C=O) groups excluding carboxylic acids is 1. The molecule has 4 fully saturated rings. The van der Waals surface area contributed by atoms with Crippen LogP contribution < -0.4 is 16.2 Å². The molecule has 3 aliphatic carbocycles. The number of fused-ring (bicyclic) bond motifs is 2. The van der Waals surface area contributed by atoms with Gasteiger partial charge in [-0.3, -0.25) is 9.59 Å². The Morgan fingerprint density at radius 1 is 1.33 bits per heavy atom. The van der Waals surface area contributed by atoms with Crippen molar-refractivity contribution >= 4 is 23.2 Å². The molecule has 1 aromatic heterocycles. The largest absolute Gasteiger partial charge is 0.381 e. The quantitative estimate of drug-likeness (QED) is 0.716. The van der Waals surface area contributed by atoms with E-state index >= 15 is 0 Å². The van der Waals surface area contributed by atoms with Gasteiger partial charge in [0.1, 0.15) is 11.6 Å². The summed E-state index contributed by atoms with van der Waals surface area (Å²) in [6.07, 6.45) is 5.85. The van der Waals surface area contributed by atoms with Crippen molar-refractivity contribution in [2.45, 2.75) is 59.0 Å². The summed E-state index contributed by atoms with van der Waals surface area (Å²) in [5, 5.41) is 10.7. The fraction of sp³-hybridized carbons (Fsp3) is 0.773. The molecule has 1 saturated heterocycles. The average molecular weight is 437 g/mol. The van der Waals surface area contributed by atoms with Gasteiger partial charge >= 0.3 is 0 Å². The van der Waals surface area contributed by atoms with Gasteiger partial charge in [0.05, 0.1) is 11.9 Å². The van der Waals surface area contributed by atoms with Crippen molar-refractivity contribution in [1.82, 2.24) is 15.1 Å². The van der Waals surface area contributed by atoms with Gasteiger partial charge in [0, 0.05) is 25.8 Å². The molecule has 4 aliphatic rings. The Balaban J connectivity index is 1.35. The third-order valence-corrected chi connectivity index (χ3v) is 8.27. The van der Waals surface area contributed by atoms with Crippen LogP contribution in [0.2, 0.25) is 5.02 Å². The molecule has 5 rings (SSSR count). The van der Waals surface area contributed by atoms with E-state index in [1.54, 1.807) is 6.20 Å². The summed E-state index contributed by atoms with van der Waals surface area (Å²) < 4.78 is 6.47. The van der Waals surface area contributed by atoms with E-state index < -0.39 is 5.56 Å². The van der Waals surface area contributed by atoms with Crippen molar-refractivity contribution in [3.05, 3.63) is 21.6 Å². The Kier molecular flexibility index (Phi) is 6.13. The number of nitrogens with zero attached hydrogens (tertiary/aromatic N) is 2. The molecule has 166 valence electrons. The second kappa shape index (κ2) is 8.50. The van der Waals surface area contributed by atoms with Crippen LogP contribution in [0.1, 0.15) is 46.5 Å². The minimum Gasteiger partial charge on any atom is -0.381 e. The van der Waals surface area contributed by atoms with E-state index in [9.17, 15) is 9.59 Å². The number of ether oxygens (including phenoxy) is 1. The molecule has 1 aliphatic heterocycles. The maximum absolute atomic E-state index is 12.7. The molecule has 1 aromatic rings. The Bertz CT molecular complexity index is 849. The van der Waals surface area contributed by atoms with E-state index in [0.717, 1.165) is 37.2 Å². The van der Waals surface area contributed by atoms with Crippen LogP contribution in [-0.4, -0.2) is 41.5 Å². The predicted molar refractivity (Wildman–Crippen MR) is 117 cm³/mol. The van der Waals surface area contributed by atoms with Crippen LogP contribution in [0, 0.1) is 29.1 Å². The Morgan fingerprint density at radius 2 is 2.07 bits per heavy atom. The van der Waals surface area contributed by atoms with Crippen molar-refractivity contribution in [3.63, 3.8) is 0 Å². The van der Waals surface area contributed by atoms with Crippen molar-refractivity contribution in [1.29, 1.82) is 0 Å². The zero-order valence-corrected chi connectivity index (χ0v) is 18.9. The van der Waals surface area contributed by atoms with E-state index in [1.165, 1.54) is 6.42 Å². The summed E-state index contributed by atoms with van der Waals surface area (Å²) >= 11 is 6.37. The first-order valence-electron chi connectivity index (χ1n) is 11.1. The lowest BCUT2D eigenvalue weighted by Gasteiger charge is -2.62. The third kappa shape index (κ3) is 4.11. The highest BCUT2D eigenvalue weighted by Crippen LogP contribution is 2.61. The summed E-state index contributed by atoms with van der Waals surface area (Å²) in [4.78, 5) is 24.9. The number of nitrogens with one attached hydrogen (secondary N) is 2. The first kappa shape index (κ1) is 21.6. The van der Waals surface area contributed by atoms with Gasteiger partial charge in [-0.05, 0) is 54.8 Å². The molecule has 8 heteroatoms. The van der Waals surface area contributed by atoms with Crippen molar-refractivity contribution < 1.29 is 9.53 Å². The van der Waals surface area contributed by atoms with Gasteiger partial charge < -0.3 is 15.4 Å². The lowest BCUT2D eigenvalue weighted by Crippen LogP contribution is -2.58. The molecular formula is C22H33ClN4O3. The first-order chi connectivity index (χ1) is 14.3. The second-order valence-corrected chi connectivity index (χ2v) is 10.3. The summed E-state index contributed by atoms with van der Waals surface area (Å²) in [6.45, 7) is 8.96. The molecule has 0 spiro atoms. The van der Waals surface area contributed by atoms with E-state index in [2.05, 4.69) is 36.5 Å². The van der Waals surface area contributed by atoms with Crippen LogP contribution in [0.4, 0.5) is 5.69 Å². The smallest absolute Gasteiger partial charge is 0.288 e. The first-order valence-corrected chi connectivity index (χ1v) is 11.5. The maximum Gasteiger partial charge on any atom is 0.288 e. The van der Waals surface area contributed by atoms with E-state index in [1.807, 2.05) is 0 Å². The predicted octanol–water partition coefficient (Wildman–Crippen LogP) is 2.92. The van der Waals surface area contributed by atoms with Gasteiger partial charge in [0.15, 0.2) is 0 Å². The molecule has 1 amide bonds. The van der Waals surface area contributed by atoms with Gasteiger partial charge in [-0.25, -0.2) is 4.68 Å². The third-order valence-electron chi connectivity index (χ3n) is 7.90. The number of aromatic nitrogens is 2. The Hall–Kier alpha value is -1.60. The van der Waals surface area contributed by atoms with Crippen LogP contribution in [0.15, 0.2) is 11.0 Å². The monoisotopic (exact) mass is 436 g/mol. The zero-order chi connectivity index (χ0) is 21.5. The second-order valence-electron chi connectivity index (χ2n) is 9.90. The zero-order valence-electron chi connectivity index (χ0n) is 18.1. The molecule has 3 saturated carbocycles. The molecule has 7 nitrogen and oxygen atoms in total. The number of halogens is 1. The molecule has 30 heavy (non-hydrogen) atoms. The summed E-state index contributed by atoms with van der Waals surface area (Å²) in [5.41, 5.74) is 0.537. The number of carbonyl (C=O) groups is 1. The van der Waals surface area contributed by atoms with Crippen LogP contribution in [0.25, 0.3) is 0 Å². The number of hydrogen-bond acceptors (Lipinski definition) is 5. The van der Waals surface area contributed by atoms with Crippen molar-refractivity contribution in [2.24, 2.45) is 29.1 Å².